The molecule has 0 unspecified atom stereocenters. The molecule has 0 aliphatic carbocycles. The molecule has 0 rings (SSSR count). The van der Waals surface area contributed by atoms with Gasteiger partial charge >= 0.3 is 18.2 Å². The Balaban J connectivity index is -0.000000320. The van der Waals surface area contributed by atoms with Crippen LogP contribution in [0.5, 0.6) is 0 Å². The van der Waals surface area contributed by atoms with Crippen molar-refractivity contribution in [3.05, 3.63) is 0 Å². The second kappa shape index (κ2) is 5.21. The van der Waals surface area contributed by atoms with E-state index in [0.717, 1.165) is 0 Å². The molecule has 0 aliphatic rings. The smallest absolute Gasteiger partial charge is 0.412 e. The van der Waals surface area contributed by atoms with Crippen LogP contribution >= 0.6 is 7.82 Å². The molecule has 0 aromatic carbocycles. The predicted molar refractivity (Wildman–Crippen MR) is 38.2 cm³/mol. The normalized spacial score (nSPS) is 11.2. The molecule has 8 nitrogen and oxygen atoms in total. The molecule has 11 heavy (non-hydrogen) atoms. The summed E-state index contributed by atoms with van der Waals surface area (Å²) < 4.78 is 39.0. The average molecular weight is 226 g/mol. The van der Waals surface area contributed by atoms with E-state index in [0.29, 0.717) is 0 Å². The van der Waals surface area contributed by atoms with Gasteiger partial charge in [-0.25, -0.2) is 4.57 Å². The Hall–Kier alpha value is 0.512. The van der Waals surface area contributed by atoms with Crippen LogP contribution in [-0.4, -0.2) is 45.6 Å². The van der Waals surface area contributed by atoms with E-state index < -0.39 is 18.2 Å². The van der Waals surface area contributed by atoms with Gasteiger partial charge in [0.1, 0.15) is 0 Å². The van der Waals surface area contributed by atoms with Crippen LogP contribution in [0.1, 0.15) is 0 Å². The van der Waals surface area contributed by atoms with E-state index in [9.17, 15) is 13.0 Å². The molecule has 0 saturated heterocycles. The van der Waals surface area contributed by atoms with Gasteiger partial charge in [-0.15, -0.1) is 3.97 Å². The van der Waals surface area contributed by atoms with Crippen molar-refractivity contribution in [1.29, 1.82) is 0 Å². The van der Waals surface area contributed by atoms with Crippen LogP contribution in [0.4, 0.5) is 0 Å². The van der Waals surface area contributed by atoms with E-state index in [1.54, 1.807) is 0 Å². The summed E-state index contributed by atoms with van der Waals surface area (Å²) in [5.41, 5.74) is 0. The maximum atomic E-state index is 9.58. The minimum atomic E-state index is -5.13. The van der Waals surface area contributed by atoms with Crippen LogP contribution in [0.15, 0.2) is 0 Å². The Bertz CT molecular complexity index is 220. The van der Waals surface area contributed by atoms with Crippen LogP contribution in [-0.2, 0) is 18.9 Å². The third-order valence-corrected chi connectivity index (χ3v) is 1.72. The largest absolute Gasteiger partial charge is 0.486 e. The standard InChI is InChI=1S/Al.H3O7PS.H2O.3H/c;1-8(2,3)7-9(4,5)6;;;;/h;(H2,1,2,3)(H,4,5,6);1H2;;;. The van der Waals surface area contributed by atoms with Crippen molar-refractivity contribution < 1.29 is 36.8 Å². The first kappa shape index (κ1) is 17.6. The van der Waals surface area contributed by atoms with Gasteiger partial charge in [-0.05, 0) is 0 Å². The lowest BCUT2D eigenvalue weighted by molar-refractivity contribution is 0.268. The number of rotatable bonds is 2. The Labute approximate surface area is 72.8 Å². The molecule has 0 saturated carbocycles. The number of hydrogen-bond donors (Lipinski definition) is 3. The van der Waals surface area contributed by atoms with Crippen LogP contribution < -0.4 is 0 Å². The van der Waals surface area contributed by atoms with Gasteiger partial charge in [-0.1, -0.05) is 0 Å². The van der Waals surface area contributed by atoms with Gasteiger partial charge in [0, 0.05) is 0 Å². The van der Waals surface area contributed by atoms with Crippen LogP contribution in [0, 0.1) is 0 Å². The Morgan fingerprint density at radius 2 is 1.55 bits per heavy atom. The van der Waals surface area contributed by atoms with Gasteiger partial charge in [-0.3, -0.25) is 4.55 Å². The minimum Gasteiger partial charge on any atom is -0.412 e. The molecule has 0 fully saturated rings. The lowest BCUT2D eigenvalue weighted by atomic mass is 15.7. The summed E-state index contributed by atoms with van der Waals surface area (Å²) in [4.78, 5) is 15.4. The van der Waals surface area contributed by atoms with E-state index in [1.165, 1.54) is 0 Å². The van der Waals surface area contributed by atoms with Gasteiger partial charge in [0.25, 0.3) is 0 Å². The first-order valence-electron chi connectivity index (χ1n) is 1.45. The molecular weight excluding hydrogens is 218 g/mol. The van der Waals surface area contributed by atoms with E-state index in [2.05, 4.69) is 3.97 Å². The molecule has 0 radical (unpaired) electrons. The molecule has 70 valence electrons. The van der Waals surface area contributed by atoms with Gasteiger partial charge in [0.05, 0.1) is 0 Å². The first-order chi connectivity index (χ1) is 3.71. The van der Waals surface area contributed by atoms with Crippen molar-refractivity contribution in [1.82, 2.24) is 0 Å². The highest BCUT2D eigenvalue weighted by atomic mass is 32.3. The zero-order chi connectivity index (χ0) is 7.71. The fourth-order valence-corrected chi connectivity index (χ4v) is 1.10. The summed E-state index contributed by atoms with van der Waals surface area (Å²) in [6.45, 7) is 0. The summed E-state index contributed by atoms with van der Waals surface area (Å²) in [6.07, 6.45) is 0. The number of phosphoric acid groups is 1. The lowest BCUT2D eigenvalue weighted by Gasteiger charge is -1.97. The first-order valence-corrected chi connectivity index (χ1v) is 4.34. The topological polar surface area (TPSA) is 153 Å². The highest BCUT2D eigenvalue weighted by Crippen LogP contribution is 2.37. The maximum Gasteiger partial charge on any atom is 0.486 e. The zero-order valence-electron chi connectivity index (χ0n) is 4.33. The van der Waals surface area contributed by atoms with Gasteiger partial charge < -0.3 is 15.3 Å². The highest BCUT2D eigenvalue weighted by Gasteiger charge is 2.22. The molecule has 0 bridgehead atoms. The summed E-state index contributed by atoms with van der Waals surface area (Å²) in [5, 5.41) is 0. The molecule has 0 amide bonds. The Kier molecular flexibility index (Phi) is 8.32. The fraction of sp³-hybridized carbons (Fsp3) is 0. The van der Waals surface area contributed by atoms with Crippen molar-refractivity contribution in [2.75, 3.05) is 0 Å². The third kappa shape index (κ3) is 18.0. The second-order valence-corrected chi connectivity index (χ2v) is 3.43. The molecule has 0 aromatic rings. The van der Waals surface area contributed by atoms with Gasteiger partial charge in [0.2, 0.25) is 0 Å². The second-order valence-electron chi connectivity index (χ2n) is 0.993. The minimum absolute atomic E-state index is 0. The van der Waals surface area contributed by atoms with E-state index in [1.807, 2.05) is 0 Å². The quantitative estimate of drug-likeness (QED) is 0.256. The van der Waals surface area contributed by atoms with Crippen LogP contribution in [0.25, 0.3) is 0 Å². The molecule has 0 aliphatic heterocycles. The van der Waals surface area contributed by atoms with Crippen molar-refractivity contribution in [2.24, 2.45) is 0 Å². The zero-order valence-corrected chi connectivity index (χ0v) is 6.04. The summed E-state index contributed by atoms with van der Waals surface area (Å²) in [6, 6.07) is 0. The monoisotopic (exact) mass is 226 g/mol. The number of hydrogen-bond acceptors (Lipinski definition) is 4. The van der Waals surface area contributed by atoms with Crippen LogP contribution in [0.2, 0.25) is 0 Å². The van der Waals surface area contributed by atoms with Crippen LogP contribution in [0.3, 0.4) is 0 Å². The van der Waals surface area contributed by atoms with E-state index >= 15 is 0 Å². The summed E-state index contributed by atoms with van der Waals surface area (Å²) in [5.74, 6) is 0. The van der Waals surface area contributed by atoms with Crippen molar-refractivity contribution in [3.63, 3.8) is 0 Å². The van der Waals surface area contributed by atoms with E-state index in [-0.39, 0.29) is 22.8 Å². The fourth-order valence-electron chi connectivity index (χ4n) is 0.123. The highest BCUT2D eigenvalue weighted by molar-refractivity contribution is 7.85. The van der Waals surface area contributed by atoms with E-state index in [4.69, 9.17) is 14.3 Å². The molecule has 0 aromatic heterocycles. The van der Waals surface area contributed by atoms with Crippen molar-refractivity contribution >= 4 is 35.6 Å². The lowest BCUT2D eigenvalue weighted by Crippen LogP contribution is -2.00. The van der Waals surface area contributed by atoms with Crippen molar-refractivity contribution in [3.8, 4) is 0 Å². The third-order valence-electron chi connectivity index (χ3n) is 0.191. The SMILES string of the molecule is O.O=P(O)(O)OS(=O)(=O)O.[AlH3]. The molecular formula is H8AlO8PS. The molecule has 5 N–H and O–H groups in total. The predicted octanol–water partition coefficient (Wildman–Crippen LogP) is -3.11. The van der Waals surface area contributed by atoms with Gasteiger partial charge in [-0.2, -0.15) is 8.42 Å². The maximum absolute atomic E-state index is 9.58. The Morgan fingerprint density at radius 3 is 1.55 bits per heavy atom. The summed E-state index contributed by atoms with van der Waals surface area (Å²) in [7, 11) is -10.2. The molecule has 0 heterocycles. The average Bonchev–Trinajstić information content (AvgIpc) is 1.14. The molecule has 0 spiro atoms. The molecule has 11 heteroatoms. The molecule has 0 atom stereocenters. The van der Waals surface area contributed by atoms with Gasteiger partial charge in [0.15, 0.2) is 17.4 Å². The Morgan fingerprint density at radius 1 is 1.27 bits per heavy atom. The summed E-state index contributed by atoms with van der Waals surface area (Å²) >= 11 is 0. The van der Waals surface area contributed by atoms with Crippen molar-refractivity contribution in [2.45, 2.75) is 0 Å².